The van der Waals surface area contributed by atoms with Crippen LogP contribution in [0.2, 0.25) is 0 Å². The van der Waals surface area contributed by atoms with E-state index in [1.54, 1.807) is 37.4 Å². The second kappa shape index (κ2) is 9.74. The molecule has 3 N–H and O–H groups in total. The molecule has 0 unspecified atom stereocenters. The average molecular weight is 491 g/mol. The number of carbonyl (C=O) groups is 1. The lowest BCUT2D eigenvalue weighted by Crippen LogP contribution is -2.28. The van der Waals surface area contributed by atoms with E-state index in [0.717, 1.165) is 30.5 Å². The number of nitro groups is 1. The van der Waals surface area contributed by atoms with Gasteiger partial charge in [-0.05, 0) is 54.8 Å². The Morgan fingerprint density at radius 2 is 1.64 bits per heavy atom. The monoisotopic (exact) mass is 490 g/mol. The first kappa shape index (κ1) is 23.4. The summed E-state index contributed by atoms with van der Waals surface area (Å²) in [6.07, 6.45) is 2.19. The number of nitro benzene ring substituents is 1. The van der Waals surface area contributed by atoms with Gasteiger partial charge >= 0.3 is 5.69 Å². The lowest BCUT2D eigenvalue weighted by molar-refractivity contribution is -0.385. The Balaban J connectivity index is 1.48. The van der Waals surface area contributed by atoms with Crippen LogP contribution in [0.25, 0.3) is 11.1 Å². The molecule has 186 valence electrons. The van der Waals surface area contributed by atoms with Gasteiger partial charge in [0.1, 0.15) is 6.61 Å². The first-order valence-corrected chi connectivity index (χ1v) is 11.6. The zero-order valence-corrected chi connectivity index (χ0v) is 19.9. The number of carbonyl (C=O) groups excluding carboxylic acids is 1. The van der Waals surface area contributed by atoms with Crippen LogP contribution >= 0.6 is 0 Å². The Labute approximate surface area is 207 Å². The molecule has 0 spiro atoms. The maximum atomic E-state index is 13.0. The topological polar surface area (TPSA) is 124 Å². The van der Waals surface area contributed by atoms with Crippen molar-refractivity contribution < 1.29 is 23.9 Å². The van der Waals surface area contributed by atoms with Crippen molar-refractivity contribution in [2.75, 3.05) is 38.0 Å². The van der Waals surface area contributed by atoms with Gasteiger partial charge in [0.25, 0.3) is 5.91 Å². The van der Waals surface area contributed by atoms with Crippen molar-refractivity contribution in [3.05, 3.63) is 64.2 Å². The molecule has 2 aliphatic heterocycles. The molecule has 0 aromatic heterocycles. The molecule has 2 aliphatic rings. The normalized spacial score (nSPS) is 16.2. The van der Waals surface area contributed by atoms with Crippen LogP contribution in [0.5, 0.6) is 17.2 Å². The zero-order valence-electron chi connectivity index (χ0n) is 19.9. The second-order valence-electron chi connectivity index (χ2n) is 8.64. The molecule has 0 aliphatic carbocycles. The fraction of sp³-hybridized carbons (Fsp3) is 0.269. The minimum absolute atomic E-state index is 0.114. The van der Waals surface area contributed by atoms with Crippen molar-refractivity contribution in [2.45, 2.75) is 18.9 Å². The van der Waals surface area contributed by atoms with Gasteiger partial charge < -0.3 is 30.2 Å². The number of anilines is 3. The summed E-state index contributed by atoms with van der Waals surface area (Å²) in [6, 6.07) is 13.9. The third kappa shape index (κ3) is 4.50. The molecule has 0 radical (unpaired) electrons. The van der Waals surface area contributed by atoms with Crippen LogP contribution in [-0.2, 0) is 0 Å². The van der Waals surface area contributed by atoms with E-state index in [0.29, 0.717) is 46.8 Å². The smallest absolute Gasteiger partial charge is 0.310 e. The predicted octanol–water partition coefficient (Wildman–Crippen LogP) is 4.72. The van der Waals surface area contributed by atoms with Crippen molar-refractivity contribution >= 4 is 28.7 Å². The number of amides is 1. The summed E-state index contributed by atoms with van der Waals surface area (Å²) in [7, 11) is 2.95. The summed E-state index contributed by atoms with van der Waals surface area (Å²) < 4.78 is 16.8. The lowest BCUT2D eigenvalue weighted by Gasteiger charge is -2.17. The van der Waals surface area contributed by atoms with Gasteiger partial charge in [0.05, 0.1) is 41.8 Å². The average Bonchev–Trinajstić information content (AvgIpc) is 3.37. The SMILES string of the molecule is COc1cc2c(cc1OC[C@H]1CCCN1)Nc1cc(-c3ccc([N+](=O)[O-])c(OC)c3)ccc1C(=O)N2. The fourth-order valence-corrected chi connectivity index (χ4v) is 4.50. The molecule has 0 saturated carbocycles. The molecule has 0 bridgehead atoms. The van der Waals surface area contributed by atoms with E-state index in [4.69, 9.17) is 14.2 Å². The first-order valence-electron chi connectivity index (χ1n) is 11.6. The number of ether oxygens (including phenoxy) is 3. The van der Waals surface area contributed by atoms with Gasteiger partial charge in [0.2, 0.25) is 0 Å². The second-order valence-corrected chi connectivity index (χ2v) is 8.64. The Hall–Kier alpha value is -4.31. The lowest BCUT2D eigenvalue weighted by atomic mass is 10.0. The fourth-order valence-electron chi connectivity index (χ4n) is 4.50. The van der Waals surface area contributed by atoms with Crippen LogP contribution in [0.3, 0.4) is 0 Å². The van der Waals surface area contributed by atoms with Crippen LogP contribution in [0, 0.1) is 10.1 Å². The van der Waals surface area contributed by atoms with Gasteiger partial charge in [0.15, 0.2) is 17.2 Å². The summed E-state index contributed by atoms with van der Waals surface area (Å²) in [6.45, 7) is 1.51. The molecule has 2 heterocycles. The maximum Gasteiger partial charge on any atom is 0.310 e. The number of nitrogens with zero attached hydrogens (tertiary/aromatic N) is 1. The third-order valence-electron chi connectivity index (χ3n) is 6.40. The highest BCUT2D eigenvalue weighted by Crippen LogP contribution is 2.42. The molecule has 1 atom stereocenters. The highest BCUT2D eigenvalue weighted by molar-refractivity contribution is 6.12. The number of fused-ring (bicyclic) bond motifs is 2. The van der Waals surface area contributed by atoms with Gasteiger partial charge in [0, 0.05) is 24.2 Å². The Bertz CT molecular complexity index is 1340. The highest BCUT2D eigenvalue weighted by atomic mass is 16.6. The van der Waals surface area contributed by atoms with E-state index in [2.05, 4.69) is 16.0 Å². The quantitative estimate of drug-likeness (QED) is 0.321. The van der Waals surface area contributed by atoms with Gasteiger partial charge in [-0.15, -0.1) is 0 Å². The Morgan fingerprint density at radius 1 is 0.917 bits per heavy atom. The Morgan fingerprint density at radius 3 is 2.36 bits per heavy atom. The van der Waals surface area contributed by atoms with Gasteiger partial charge in [-0.25, -0.2) is 0 Å². The molecule has 1 amide bonds. The summed E-state index contributed by atoms with van der Waals surface area (Å²) >= 11 is 0. The number of benzene rings is 3. The highest BCUT2D eigenvalue weighted by Gasteiger charge is 2.23. The third-order valence-corrected chi connectivity index (χ3v) is 6.40. The van der Waals surface area contributed by atoms with Crippen LogP contribution < -0.4 is 30.2 Å². The van der Waals surface area contributed by atoms with E-state index < -0.39 is 4.92 Å². The van der Waals surface area contributed by atoms with Crippen LogP contribution in [0.15, 0.2) is 48.5 Å². The number of nitrogens with one attached hydrogen (secondary N) is 3. The van der Waals surface area contributed by atoms with Gasteiger partial charge in [-0.3, -0.25) is 14.9 Å². The number of rotatable bonds is 7. The van der Waals surface area contributed by atoms with Crippen molar-refractivity contribution in [2.24, 2.45) is 0 Å². The van der Waals surface area contributed by atoms with Crippen LogP contribution in [0.1, 0.15) is 23.2 Å². The van der Waals surface area contributed by atoms with Crippen LogP contribution in [-0.4, -0.2) is 44.2 Å². The van der Waals surface area contributed by atoms with E-state index in [9.17, 15) is 14.9 Å². The molecular formula is C26H26N4O6. The van der Waals surface area contributed by atoms with Crippen molar-refractivity contribution in [3.63, 3.8) is 0 Å². The largest absolute Gasteiger partial charge is 0.493 e. The predicted molar refractivity (Wildman–Crippen MR) is 136 cm³/mol. The van der Waals surface area contributed by atoms with Crippen molar-refractivity contribution in [1.82, 2.24) is 5.32 Å². The summed E-state index contributed by atoms with van der Waals surface area (Å²) in [4.78, 5) is 23.8. The molecular weight excluding hydrogens is 464 g/mol. The van der Waals surface area contributed by atoms with E-state index >= 15 is 0 Å². The number of hydrogen-bond acceptors (Lipinski definition) is 8. The van der Waals surface area contributed by atoms with Crippen molar-refractivity contribution in [3.8, 4) is 28.4 Å². The first-order chi connectivity index (χ1) is 17.5. The summed E-state index contributed by atoms with van der Waals surface area (Å²) in [5, 5.41) is 20.9. The van der Waals surface area contributed by atoms with Crippen LogP contribution in [0.4, 0.5) is 22.7 Å². The minimum atomic E-state index is -0.487. The number of hydrogen-bond donors (Lipinski definition) is 3. The molecule has 10 nitrogen and oxygen atoms in total. The molecule has 5 rings (SSSR count). The summed E-state index contributed by atoms with van der Waals surface area (Å²) in [5.74, 6) is 0.994. The summed E-state index contributed by atoms with van der Waals surface area (Å²) in [5.41, 5.74) is 3.65. The molecule has 1 fully saturated rings. The molecule has 10 heteroatoms. The van der Waals surface area contributed by atoms with Gasteiger partial charge in [-0.2, -0.15) is 0 Å². The van der Waals surface area contributed by atoms with E-state index in [1.807, 2.05) is 12.1 Å². The molecule has 36 heavy (non-hydrogen) atoms. The minimum Gasteiger partial charge on any atom is -0.493 e. The standard InChI is InChI=1S/C26H26N4O6/c1-34-23-11-16(6-8-22(23)30(32)33)15-5-7-18-19(10-15)28-20-13-25(36-14-17-4-3-9-27-17)24(35-2)12-21(20)29-26(18)31/h5-8,10-13,17,27-28H,3-4,9,14H2,1-2H3,(H,29,31)/t17-/m1/s1. The van der Waals surface area contributed by atoms with Gasteiger partial charge in [-0.1, -0.05) is 6.07 Å². The van der Waals surface area contributed by atoms with E-state index in [1.165, 1.54) is 13.2 Å². The molecule has 3 aromatic rings. The molecule has 3 aromatic carbocycles. The zero-order chi connectivity index (χ0) is 25.2. The maximum absolute atomic E-state index is 13.0. The Kier molecular flexibility index (Phi) is 6.34. The molecule has 1 saturated heterocycles. The van der Waals surface area contributed by atoms with Crippen molar-refractivity contribution in [1.29, 1.82) is 0 Å². The van der Waals surface area contributed by atoms with E-state index in [-0.39, 0.29) is 17.3 Å². The number of methoxy groups -OCH3 is 2.